The maximum Gasteiger partial charge on any atom is 0.324 e. The van der Waals surface area contributed by atoms with Crippen LogP contribution in [-0.4, -0.2) is 61.1 Å². The molecule has 138 valence electrons. The molecule has 0 radical (unpaired) electrons. The number of methoxy groups -OCH3 is 1. The van der Waals surface area contributed by atoms with Gasteiger partial charge in [-0.3, -0.25) is 0 Å². The van der Waals surface area contributed by atoms with E-state index in [1.54, 1.807) is 0 Å². The number of hydrogen-bond acceptors (Lipinski definition) is 5. The Hall–Kier alpha value is 0.0169. The summed E-state index contributed by atoms with van der Waals surface area (Å²) in [5, 5.41) is 0. The van der Waals surface area contributed by atoms with Gasteiger partial charge in [-0.05, 0) is 27.2 Å². The average molecular weight is 349 g/mol. The molecule has 0 saturated carbocycles. The molecule has 0 bridgehead atoms. The normalized spacial score (nSPS) is 21.0. The molecule has 23 heavy (non-hydrogen) atoms. The molecule has 2 unspecified atom stereocenters. The Balaban J connectivity index is 2.81. The second kappa shape index (κ2) is 10.1. The SMILES string of the molecule is CCOC(C[SiH](OCC)OCC)CC(CC)(OC)C1(C)COC1. The van der Waals surface area contributed by atoms with Crippen LogP contribution in [0.5, 0.6) is 0 Å². The molecule has 1 aliphatic rings. The topological polar surface area (TPSA) is 46.2 Å². The van der Waals surface area contributed by atoms with Gasteiger partial charge < -0.3 is 23.1 Å². The quantitative estimate of drug-likeness (QED) is 0.479. The summed E-state index contributed by atoms with van der Waals surface area (Å²) in [4.78, 5) is 0. The summed E-state index contributed by atoms with van der Waals surface area (Å²) in [6, 6.07) is 0.859. The second-order valence-electron chi connectivity index (χ2n) is 6.46. The van der Waals surface area contributed by atoms with Gasteiger partial charge in [-0.1, -0.05) is 13.8 Å². The Morgan fingerprint density at radius 3 is 2.04 bits per heavy atom. The van der Waals surface area contributed by atoms with Gasteiger partial charge in [0.15, 0.2) is 0 Å². The van der Waals surface area contributed by atoms with E-state index in [-0.39, 0.29) is 17.1 Å². The van der Waals surface area contributed by atoms with E-state index in [1.165, 1.54) is 0 Å². The summed E-state index contributed by atoms with van der Waals surface area (Å²) in [5.74, 6) is 0. The lowest BCUT2D eigenvalue weighted by Crippen LogP contribution is -2.60. The van der Waals surface area contributed by atoms with Crippen LogP contribution in [-0.2, 0) is 23.1 Å². The summed E-state index contributed by atoms with van der Waals surface area (Å²) in [6.07, 6.45) is 1.91. The molecule has 0 aromatic heterocycles. The van der Waals surface area contributed by atoms with Crippen molar-refractivity contribution < 1.29 is 23.1 Å². The minimum absolute atomic E-state index is 0.0557. The van der Waals surface area contributed by atoms with Crippen molar-refractivity contribution in [2.75, 3.05) is 40.1 Å². The molecule has 0 aromatic rings. The fraction of sp³-hybridized carbons (Fsp3) is 1.00. The van der Waals surface area contributed by atoms with Gasteiger partial charge in [0.2, 0.25) is 0 Å². The Bertz CT molecular complexity index is 312. The molecule has 1 fully saturated rings. The minimum Gasteiger partial charge on any atom is -0.397 e. The average Bonchev–Trinajstić information content (AvgIpc) is 2.51. The molecule has 1 rings (SSSR count). The van der Waals surface area contributed by atoms with Crippen molar-refractivity contribution in [2.45, 2.75) is 65.2 Å². The van der Waals surface area contributed by atoms with Crippen molar-refractivity contribution in [1.82, 2.24) is 0 Å². The molecular formula is C17H36O5Si. The van der Waals surface area contributed by atoms with Crippen molar-refractivity contribution >= 4 is 9.28 Å². The fourth-order valence-electron chi connectivity index (χ4n) is 3.55. The van der Waals surface area contributed by atoms with E-state index in [0.717, 1.165) is 32.1 Å². The standard InChI is InChI=1S/C17H36O5Si/c1-7-17(18-6,16(5)13-19-14-16)11-15(20-8-2)12-23(21-9-3)22-10-4/h15,23H,7-14H2,1-6H3. The summed E-state index contributed by atoms with van der Waals surface area (Å²) in [6.45, 7) is 14.1. The van der Waals surface area contributed by atoms with Crippen LogP contribution in [0.1, 0.15) is 47.5 Å². The zero-order valence-corrected chi connectivity index (χ0v) is 17.0. The highest BCUT2D eigenvalue weighted by Crippen LogP contribution is 2.46. The zero-order chi connectivity index (χ0) is 17.3. The van der Waals surface area contributed by atoms with Crippen LogP contribution in [0.15, 0.2) is 0 Å². The van der Waals surface area contributed by atoms with Crippen LogP contribution < -0.4 is 0 Å². The van der Waals surface area contributed by atoms with Gasteiger partial charge in [0.25, 0.3) is 0 Å². The Morgan fingerprint density at radius 2 is 1.70 bits per heavy atom. The second-order valence-corrected chi connectivity index (χ2v) is 8.46. The first-order valence-electron chi connectivity index (χ1n) is 8.98. The van der Waals surface area contributed by atoms with Crippen molar-refractivity contribution in [3.05, 3.63) is 0 Å². The maximum atomic E-state index is 6.05. The van der Waals surface area contributed by atoms with E-state index in [9.17, 15) is 0 Å². The molecular weight excluding hydrogens is 312 g/mol. The number of rotatable bonds is 13. The van der Waals surface area contributed by atoms with E-state index in [4.69, 9.17) is 23.1 Å². The van der Waals surface area contributed by atoms with Gasteiger partial charge in [0.1, 0.15) is 0 Å². The lowest BCUT2D eigenvalue weighted by Gasteiger charge is -2.53. The third-order valence-corrected chi connectivity index (χ3v) is 7.34. The van der Waals surface area contributed by atoms with Gasteiger partial charge >= 0.3 is 9.28 Å². The molecule has 0 N–H and O–H groups in total. The highest BCUT2D eigenvalue weighted by molar-refractivity contribution is 6.44. The van der Waals surface area contributed by atoms with Crippen LogP contribution in [0.25, 0.3) is 0 Å². The lowest BCUT2D eigenvalue weighted by molar-refractivity contribution is -0.235. The molecule has 5 nitrogen and oxygen atoms in total. The minimum atomic E-state index is -1.69. The third kappa shape index (κ3) is 5.24. The van der Waals surface area contributed by atoms with Crippen LogP contribution >= 0.6 is 0 Å². The first-order chi connectivity index (χ1) is 11.0. The van der Waals surface area contributed by atoms with Crippen molar-refractivity contribution in [3.63, 3.8) is 0 Å². The Kier molecular flexibility index (Phi) is 9.26. The largest absolute Gasteiger partial charge is 0.397 e. The van der Waals surface area contributed by atoms with Crippen LogP contribution in [0.2, 0.25) is 6.04 Å². The van der Waals surface area contributed by atoms with E-state index >= 15 is 0 Å². The highest BCUT2D eigenvalue weighted by Gasteiger charge is 2.53. The summed E-state index contributed by atoms with van der Waals surface area (Å²) < 4.78 is 29.3. The Morgan fingerprint density at radius 1 is 1.09 bits per heavy atom. The van der Waals surface area contributed by atoms with Crippen LogP contribution in [0.4, 0.5) is 0 Å². The van der Waals surface area contributed by atoms with Gasteiger partial charge in [-0.2, -0.15) is 0 Å². The molecule has 1 aliphatic heterocycles. The van der Waals surface area contributed by atoms with Crippen molar-refractivity contribution in [3.8, 4) is 0 Å². The summed E-state index contributed by atoms with van der Waals surface area (Å²) in [7, 11) is 0.124. The molecule has 0 aliphatic carbocycles. The van der Waals surface area contributed by atoms with Gasteiger partial charge in [0.05, 0.1) is 24.9 Å². The third-order valence-electron chi connectivity index (χ3n) is 5.02. The van der Waals surface area contributed by atoms with Gasteiger partial charge in [0, 0.05) is 44.8 Å². The molecule has 0 amide bonds. The fourth-order valence-corrected chi connectivity index (χ4v) is 5.39. The van der Waals surface area contributed by atoms with E-state index < -0.39 is 9.28 Å². The van der Waals surface area contributed by atoms with Crippen molar-refractivity contribution in [1.29, 1.82) is 0 Å². The predicted octanol–water partition coefficient (Wildman–Crippen LogP) is 2.91. The molecule has 0 spiro atoms. The smallest absolute Gasteiger partial charge is 0.324 e. The first kappa shape index (κ1) is 21.1. The maximum absolute atomic E-state index is 6.05. The van der Waals surface area contributed by atoms with E-state index in [2.05, 4.69) is 13.8 Å². The molecule has 0 aromatic carbocycles. The van der Waals surface area contributed by atoms with Crippen LogP contribution in [0.3, 0.4) is 0 Å². The molecule has 1 saturated heterocycles. The summed E-state index contributed by atoms with van der Waals surface area (Å²) in [5.41, 5.74) is -0.164. The van der Waals surface area contributed by atoms with Crippen molar-refractivity contribution in [2.24, 2.45) is 5.41 Å². The van der Waals surface area contributed by atoms with E-state index in [1.807, 2.05) is 27.9 Å². The van der Waals surface area contributed by atoms with E-state index in [0.29, 0.717) is 19.8 Å². The highest BCUT2D eigenvalue weighted by atomic mass is 28.3. The summed E-state index contributed by atoms with van der Waals surface area (Å²) >= 11 is 0. The lowest BCUT2D eigenvalue weighted by atomic mass is 9.67. The predicted molar refractivity (Wildman–Crippen MR) is 94.2 cm³/mol. The van der Waals surface area contributed by atoms with Gasteiger partial charge in [-0.25, -0.2) is 0 Å². The zero-order valence-electron chi connectivity index (χ0n) is 15.9. The molecule has 1 heterocycles. The molecule has 2 atom stereocenters. The monoisotopic (exact) mass is 348 g/mol. The number of hydrogen-bond donors (Lipinski definition) is 0. The number of ether oxygens (including phenoxy) is 3. The Labute approximate surface area is 143 Å². The van der Waals surface area contributed by atoms with Gasteiger partial charge in [-0.15, -0.1) is 0 Å². The first-order valence-corrected chi connectivity index (χ1v) is 10.7. The molecule has 6 heteroatoms. The van der Waals surface area contributed by atoms with Crippen LogP contribution in [0, 0.1) is 5.41 Å².